The topological polar surface area (TPSA) is 121 Å². The van der Waals surface area contributed by atoms with Crippen LogP contribution < -0.4 is 51.4 Å². The van der Waals surface area contributed by atoms with Gasteiger partial charge in [-0.1, -0.05) is 0 Å². The number of rotatable bonds is 8. The molecule has 0 aliphatic carbocycles. The quantitative estimate of drug-likeness (QED) is 0.299. The molecule has 9 heteroatoms. The van der Waals surface area contributed by atoms with Gasteiger partial charge in [0.15, 0.2) is 0 Å². The SMILES string of the molecule is O=S(=O)([O-])CC(O)CN(CCO)CCO.[K+]. The summed E-state index contributed by atoms with van der Waals surface area (Å²) in [5, 5.41) is 26.5. The summed E-state index contributed by atoms with van der Waals surface area (Å²) in [7, 11) is -4.45. The molecule has 92 valence electrons. The van der Waals surface area contributed by atoms with Crippen molar-refractivity contribution in [2.75, 3.05) is 38.6 Å². The molecule has 0 bridgehead atoms. The summed E-state index contributed by atoms with van der Waals surface area (Å²) in [6, 6.07) is 0. The molecule has 0 aromatic rings. The van der Waals surface area contributed by atoms with Crippen molar-refractivity contribution in [3.05, 3.63) is 0 Å². The van der Waals surface area contributed by atoms with Gasteiger partial charge in [-0.2, -0.15) is 0 Å². The third-order valence-electron chi connectivity index (χ3n) is 1.70. The van der Waals surface area contributed by atoms with Gasteiger partial charge in [-0.15, -0.1) is 0 Å². The van der Waals surface area contributed by atoms with E-state index in [1.54, 1.807) is 0 Å². The zero-order valence-corrected chi connectivity index (χ0v) is 13.2. The van der Waals surface area contributed by atoms with Gasteiger partial charge in [0, 0.05) is 19.6 Å². The Morgan fingerprint density at radius 1 is 1.19 bits per heavy atom. The summed E-state index contributed by atoms with van der Waals surface area (Å²) in [4.78, 5) is 1.47. The van der Waals surface area contributed by atoms with Crippen molar-refractivity contribution in [3.63, 3.8) is 0 Å². The third kappa shape index (κ3) is 11.9. The standard InChI is InChI=1S/C7H17NO6S.K/c9-3-1-8(2-4-10)5-7(11)6-15(12,13)14;/h7,9-11H,1-6H2,(H,12,13,14);/q;+1/p-1. The van der Waals surface area contributed by atoms with Crippen LogP contribution in [0.5, 0.6) is 0 Å². The fourth-order valence-electron chi connectivity index (χ4n) is 1.16. The van der Waals surface area contributed by atoms with Crippen LogP contribution >= 0.6 is 0 Å². The van der Waals surface area contributed by atoms with E-state index in [0.717, 1.165) is 0 Å². The molecule has 16 heavy (non-hydrogen) atoms. The van der Waals surface area contributed by atoms with Gasteiger partial charge in [0.05, 0.1) is 35.2 Å². The predicted molar refractivity (Wildman–Crippen MR) is 51.2 cm³/mol. The molecule has 7 nitrogen and oxygen atoms in total. The van der Waals surface area contributed by atoms with E-state index in [1.165, 1.54) is 4.90 Å². The van der Waals surface area contributed by atoms with E-state index in [0.29, 0.717) is 0 Å². The van der Waals surface area contributed by atoms with Crippen LogP contribution in [0.25, 0.3) is 0 Å². The second-order valence-corrected chi connectivity index (χ2v) is 4.57. The minimum absolute atomic E-state index is 0. The first-order valence-corrected chi connectivity index (χ1v) is 6.02. The van der Waals surface area contributed by atoms with E-state index < -0.39 is 22.0 Å². The van der Waals surface area contributed by atoms with Gasteiger partial charge in [0.25, 0.3) is 0 Å². The van der Waals surface area contributed by atoms with Gasteiger partial charge in [-0.25, -0.2) is 8.42 Å². The summed E-state index contributed by atoms with van der Waals surface area (Å²) < 4.78 is 30.9. The van der Waals surface area contributed by atoms with Crippen molar-refractivity contribution in [1.82, 2.24) is 4.90 Å². The first kappa shape index (κ1) is 19.7. The molecule has 0 aliphatic heterocycles. The first-order valence-electron chi connectivity index (χ1n) is 4.44. The van der Waals surface area contributed by atoms with Crippen molar-refractivity contribution in [2.45, 2.75) is 6.10 Å². The average molecular weight is 281 g/mol. The second kappa shape index (κ2) is 10.3. The Balaban J connectivity index is 0. The second-order valence-electron chi connectivity index (χ2n) is 3.13. The maximum Gasteiger partial charge on any atom is 1.00 e. The zero-order valence-electron chi connectivity index (χ0n) is 9.24. The Hall–Kier alpha value is 1.39. The molecule has 0 aliphatic rings. The minimum atomic E-state index is -4.45. The molecule has 0 heterocycles. The number of aliphatic hydroxyl groups is 3. The molecule has 0 aromatic heterocycles. The normalized spacial score (nSPS) is 13.6. The average Bonchev–Trinajstić information content (AvgIpc) is 2.00. The van der Waals surface area contributed by atoms with Crippen molar-refractivity contribution >= 4 is 10.1 Å². The molecule has 0 rings (SSSR count). The molecule has 1 atom stereocenters. The number of hydrogen-bond donors (Lipinski definition) is 3. The Morgan fingerprint density at radius 3 is 1.94 bits per heavy atom. The molecule has 0 fully saturated rings. The van der Waals surface area contributed by atoms with Crippen LogP contribution in [-0.2, 0) is 10.1 Å². The predicted octanol–water partition coefficient (Wildman–Crippen LogP) is -5.82. The molecular formula is C7H16KNO6S. The Labute approximate surface area is 138 Å². The smallest absolute Gasteiger partial charge is 0.748 e. The van der Waals surface area contributed by atoms with Crippen LogP contribution in [0.3, 0.4) is 0 Å². The molecule has 3 N–H and O–H groups in total. The Bertz CT molecular complexity index is 254. The fraction of sp³-hybridized carbons (Fsp3) is 1.00. The Morgan fingerprint density at radius 2 is 1.62 bits per heavy atom. The van der Waals surface area contributed by atoms with E-state index in [2.05, 4.69) is 0 Å². The largest absolute Gasteiger partial charge is 1.00 e. The van der Waals surface area contributed by atoms with Crippen molar-refractivity contribution in [3.8, 4) is 0 Å². The molecular weight excluding hydrogens is 265 g/mol. The van der Waals surface area contributed by atoms with Gasteiger partial charge < -0.3 is 19.9 Å². The molecule has 0 aromatic carbocycles. The van der Waals surface area contributed by atoms with Crippen LogP contribution in [0.2, 0.25) is 0 Å². The summed E-state index contributed by atoms with van der Waals surface area (Å²) in [6.07, 6.45) is -1.30. The molecule has 1 unspecified atom stereocenters. The first-order chi connectivity index (χ1) is 6.89. The molecule has 0 spiro atoms. The van der Waals surface area contributed by atoms with Crippen molar-refractivity contribution in [2.24, 2.45) is 0 Å². The third-order valence-corrected chi connectivity index (χ3v) is 2.49. The number of nitrogens with zero attached hydrogens (tertiary/aromatic N) is 1. The molecule has 0 radical (unpaired) electrons. The monoisotopic (exact) mass is 281 g/mol. The number of hydrogen-bond acceptors (Lipinski definition) is 7. The molecule has 0 amide bonds. The molecule has 0 saturated heterocycles. The number of aliphatic hydroxyl groups excluding tert-OH is 3. The maximum atomic E-state index is 10.3. The Kier molecular flexibility index (Phi) is 12.7. The maximum absolute atomic E-state index is 10.3. The van der Waals surface area contributed by atoms with Gasteiger partial charge in [-0.3, -0.25) is 4.90 Å². The van der Waals surface area contributed by atoms with Gasteiger partial charge in [-0.05, 0) is 0 Å². The van der Waals surface area contributed by atoms with E-state index in [-0.39, 0.29) is 84.2 Å². The summed E-state index contributed by atoms with van der Waals surface area (Å²) >= 11 is 0. The van der Waals surface area contributed by atoms with E-state index in [1.807, 2.05) is 0 Å². The summed E-state index contributed by atoms with van der Waals surface area (Å²) in [5.41, 5.74) is 0. The van der Waals surface area contributed by atoms with E-state index in [9.17, 15) is 18.1 Å². The minimum Gasteiger partial charge on any atom is -0.748 e. The zero-order chi connectivity index (χ0) is 11.9. The van der Waals surface area contributed by atoms with Gasteiger partial charge in [0.1, 0.15) is 0 Å². The van der Waals surface area contributed by atoms with E-state index in [4.69, 9.17) is 10.2 Å². The van der Waals surface area contributed by atoms with Crippen LogP contribution in [-0.4, -0.2) is 77.9 Å². The van der Waals surface area contributed by atoms with Gasteiger partial charge in [0.2, 0.25) is 0 Å². The van der Waals surface area contributed by atoms with Crippen molar-refractivity contribution in [1.29, 1.82) is 0 Å². The van der Waals surface area contributed by atoms with Crippen molar-refractivity contribution < 1.29 is 79.7 Å². The summed E-state index contributed by atoms with van der Waals surface area (Å²) in [5.74, 6) is -0.861. The molecule has 0 saturated carbocycles. The van der Waals surface area contributed by atoms with Crippen LogP contribution in [0.4, 0.5) is 0 Å². The van der Waals surface area contributed by atoms with Crippen LogP contribution in [0.15, 0.2) is 0 Å². The summed E-state index contributed by atoms with van der Waals surface area (Å²) in [6.45, 7) is 0.00330. The fourth-order valence-corrected chi connectivity index (χ4v) is 1.74. The van der Waals surface area contributed by atoms with E-state index >= 15 is 0 Å². The van der Waals surface area contributed by atoms with Crippen LogP contribution in [0.1, 0.15) is 0 Å². The van der Waals surface area contributed by atoms with Crippen LogP contribution in [0, 0.1) is 0 Å². The van der Waals surface area contributed by atoms with Gasteiger partial charge >= 0.3 is 51.4 Å².